The molecule has 0 aromatic heterocycles. The summed E-state index contributed by atoms with van der Waals surface area (Å²) in [5, 5.41) is 0. The third-order valence-electron chi connectivity index (χ3n) is 6.72. The summed E-state index contributed by atoms with van der Waals surface area (Å²) in [7, 11) is 3.57. The average molecular weight is 355 g/mol. The Bertz CT molecular complexity index is 844. The van der Waals surface area contributed by atoms with Gasteiger partial charge in [0.25, 0.3) is 0 Å². The summed E-state index contributed by atoms with van der Waals surface area (Å²) in [5.41, 5.74) is 6.58. The van der Waals surface area contributed by atoms with Crippen LogP contribution in [0.25, 0.3) is 0 Å². The lowest BCUT2D eigenvalue weighted by molar-refractivity contribution is -0.0132. The minimum Gasteiger partial charge on any atom is -0.496 e. The molecule has 3 aliphatic rings. The van der Waals surface area contributed by atoms with Crippen LogP contribution in [0.2, 0.25) is 0 Å². The van der Waals surface area contributed by atoms with Gasteiger partial charge in [0.05, 0.1) is 20.1 Å². The van der Waals surface area contributed by atoms with Gasteiger partial charge in [0.1, 0.15) is 11.5 Å². The van der Waals surface area contributed by atoms with Crippen LogP contribution < -0.4 is 9.47 Å². The summed E-state index contributed by atoms with van der Waals surface area (Å²) in [4.78, 5) is 0. The van der Waals surface area contributed by atoms with Crippen LogP contribution in [0.4, 0.5) is 0 Å². The average Bonchev–Trinajstić information content (AvgIpc) is 2.64. The number of halogens is 1. The predicted molar refractivity (Wildman–Crippen MR) is 100 cm³/mol. The lowest BCUT2D eigenvalue weighted by atomic mass is 9.44. The first kappa shape index (κ1) is 15.6. The summed E-state index contributed by atoms with van der Waals surface area (Å²) in [6, 6.07) is 11.3. The van der Waals surface area contributed by atoms with Gasteiger partial charge in [0.15, 0.2) is 0 Å². The van der Waals surface area contributed by atoms with Gasteiger partial charge < -0.3 is 9.47 Å². The number of rotatable bonds is 3. The van der Waals surface area contributed by atoms with Crippen molar-refractivity contribution in [2.75, 3.05) is 14.2 Å². The number of hydrogen-bond donors (Lipinski definition) is 0. The molecule has 0 spiro atoms. The van der Waals surface area contributed by atoms with E-state index in [1.807, 2.05) is 0 Å². The first-order valence-electron chi connectivity index (χ1n) is 9.17. The Morgan fingerprint density at radius 3 is 2.28 bits per heavy atom. The zero-order valence-corrected chi connectivity index (χ0v) is 15.5. The number of ether oxygens (including phenoxy) is 2. The maximum Gasteiger partial charge on any atom is 0.126 e. The first-order valence-corrected chi connectivity index (χ1v) is 9.71. The summed E-state index contributed by atoms with van der Waals surface area (Å²) < 4.78 is 11.6. The second-order valence-corrected chi connectivity index (χ2v) is 7.99. The van der Waals surface area contributed by atoms with Gasteiger partial charge in [0.2, 0.25) is 0 Å². The molecule has 3 aliphatic carbocycles. The standard InChI is InChI=1S/C22H23ClO2/c1-24-19-6-3-12-7-13-8-14(11-23)22(25-2)18(10-13)21-16-5-4-15(16)20(21)17(19)9-12/h3,6,8-10,15-16,20-21H,4-5,7,11H2,1-2H3. The topological polar surface area (TPSA) is 18.5 Å². The minimum atomic E-state index is 0.496. The molecule has 4 atom stereocenters. The van der Waals surface area contributed by atoms with Crippen molar-refractivity contribution in [3.8, 4) is 11.5 Å². The van der Waals surface area contributed by atoms with Crippen LogP contribution >= 0.6 is 11.6 Å². The van der Waals surface area contributed by atoms with Gasteiger partial charge in [-0.1, -0.05) is 24.3 Å². The van der Waals surface area contributed by atoms with E-state index in [0.29, 0.717) is 17.7 Å². The molecule has 3 heteroatoms. The maximum atomic E-state index is 6.27. The fourth-order valence-electron chi connectivity index (χ4n) is 5.55. The summed E-state index contributed by atoms with van der Waals surface area (Å²) in [6.07, 6.45) is 3.60. The van der Waals surface area contributed by atoms with Gasteiger partial charge >= 0.3 is 0 Å². The van der Waals surface area contributed by atoms with Crippen molar-refractivity contribution in [3.05, 3.63) is 58.1 Å². The molecule has 0 N–H and O–H groups in total. The molecule has 4 bridgehead atoms. The van der Waals surface area contributed by atoms with Gasteiger partial charge in [-0.25, -0.2) is 0 Å². The van der Waals surface area contributed by atoms with E-state index in [4.69, 9.17) is 21.1 Å². The quantitative estimate of drug-likeness (QED) is 0.700. The van der Waals surface area contributed by atoms with E-state index in [-0.39, 0.29) is 0 Å². The van der Waals surface area contributed by atoms with E-state index in [0.717, 1.165) is 35.3 Å². The molecule has 2 aromatic carbocycles. The Kier molecular flexibility index (Phi) is 3.53. The molecule has 5 rings (SSSR count). The second kappa shape index (κ2) is 5.67. The molecule has 25 heavy (non-hydrogen) atoms. The second-order valence-electron chi connectivity index (χ2n) is 7.72. The smallest absolute Gasteiger partial charge is 0.126 e. The highest BCUT2D eigenvalue weighted by Crippen LogP contribution is 2.69. The zero-order chi connectivity index (χ0) is 17.1. The van der Waals surface area contributed by atoms with Crippen LogP contribution in [0, 0.1) is 11.8 Å². The SMILES string of the molecule is COc1ccc2cc1C1C3CCC3C1c1cc(cc(CCl)c1OC)C2. The molecule has 2 saturated carbocycles. The lowest BCUT2D eigenvalue weighted by Crippen LogP contribution is -2.50. The molecule has 0 heterocycles. The number of benzene rings is 2. The van der Waals surface area contributed by atoms with E-state index in [1.54, 1.807) is 14.2 Å². The van der Waals surface area contributed by atoms with Crippen molar-refractivity contribution >= 4 is 11.6 Å². The van der Waals surface area contributed by atoms with E-state index in [9.17, 15) is 0 Å². The van der Waals surface area contributed by atoms with Crippen LogP contribution in [-0.4, -0.2) is 14.2 Å². The van der Waals surface area contributed by atoms with Crippen LogP contribution in [0.1, 0.15) is 52.5 Å². The Labute approximate surface area is 154 Å². The highest BCUT2D eigenvalue weighted by atomic mass is 35.5. The monoisotopic (exact) mass is 354 g/mol. The summed E-state index contributed by atoms with van der Waals surface area (Å²) in [6.45, 7) is 0. The Balaban J connectivity index is 1.75. The summed E-state index contributed by atoms with van der Waals surface area (Å²) >= 11 is 6.27. The van der Waals surface area contributed by atoms with Crippen molar-refractivity contribution in [1.29, 1.82) is 0 Å². The molecule has 0 amide bonds. The van der Waals surface area contributed by atoms with Crippen LogP contribution in [0.5, 0.6) is 11.5 Å². The number of fused-ring (bicyclic) bond motifs is 10. The van der Waals surface area contributed by atoms with E-state index in [2.05, 4.69) is 30.3 Å². The maximum absolute atomic E-state index is 6.27. The fourth-order valence-corrected chi connectivity index (χ4v) is 5.75. The van der Waals surface area contributed by atoms with Crippen LogP contribution in [-0.2, 0) is 12.3 Å². The van der Waals surface area contributed by atoms with Crippen molar-refractivity contribution in [1.82, 2.24) is 0 Å². The highest BCUT2D eigenvalue weighted by Gasteiger charge is 2.57. The largest absolute Gasteiger partial charge is 0.496 e. The highest BCUT2D eigenvalue weighted by molar-refractivity contribution is 6.17. The number of methoxy groups -OCH3 is 2. The third kappa shape index (κ3) is 2.10. The fraction of sp³-hybridized carbons (Fsp3) is 0.455. The zero-order valence-electron chi connectivity index (χ0n) is 14.7. The molecule has 130 valence electrons. The molecular weight excluding hydrogens is 332 g/mol. The Hall–Kier alpha value is -1.67. The van der Waals surface area contributed by atoms with Crippen molar-refractivity contribution < 1.29 is 9.47 Å². The molecule has 2 aromatic rings. The van der Waals surface area contributed by atoms with Crippen molar-refractivity contribution in [2.45, 2.75) is 37.0 Å². The molecule has 0 saturated heterocycles. The molecule has 2 nitrogen and oxygen atoms in total. The Morgan fingerprint density at radius 1 is 0.920 bits per heavy atom. The van der Waals surface area contributed by atoms with Gasteiger partial charge in [0, 0.05) is 5.56 Å². The van der Waals surface area contributed by atoms with E-state index < -0.39 is 0 Å². The van der Waals surface area contributed by atoms with Crippen LogP contribution in [0.3, 0.4) is 0 Å². The molecule has 0 aliphatic heterocycles. The van der Waals surface area contributed by atoms with E-state index >= 15 is 0 Å². The Morgan fingerprint density at radius 2 is 1.64 bits per heavy atom. The lowest BCUT2D eigenvalue weighted by Gasteiger charge is -2.60. The van der Waals surface area contributed by atoms with Gasteiger partial charge in [-0.2, -0.15) is 0 Å². The third-order valence-corrected chi connectivity index (χ3v) is 7.00. The van der Waals surface area contributed by atoms with Crippen LogP contribution in [0.15, 0.2) is 30.3 Å². The minimum absolute atomic E-state index is 0.496. The van der Waals surface area contributed by atoms with E-state index in [1.165, 1.54) is 35.1 Å². The molecule has 0 radical (unpaired) electrons. The van der Waals surface area contributed by atoms with Gasteiger partial charge in [-0.05, 0) is 71.3 Å². The number of hydrogen-bond acceptors (Lipinski definition) is 2. The number of alkyl halides is 1. The normalized spacial score (nSPS) is 28.3. The predicted octanol–water partition coefficient (Wildman–Crippen LogP) is 5.25. The van der Waals surface area contributed by atoms with Gasteiger partial charge in [-0.15, -0.1) is 11.6 Å². The molecule has 2 fully saturated rings. The van der Waals surface area contributed by atoms with Crippen molar-refractivity contribution in [2.24, 2.45) is 11.8 Å². The molecule has 4 unspecified atom stereocenters. The van der Waals surface area contributed by atoms with Crippen molar-refractivity contribution in [3.63, 3.8) is 0 Å². The summed E-state index contributed by atoms with van der Waals surface area (Å²) in [5.74, 6) is 5.18. The first-order chi connectivity index (χ1) is 12.2. The van der Waals surface area contributed by atoms with Gasteiger partial charge in [-0.3, -0.25) is 0 Å². The molecular formula is C22H23ClO2.